The number of fused-ring (bicyclic) bond motifs is 1. The third kappa shape index (κ3) is 3.17. The first-order chi connectivity index (χ1) is 14.1. The number of benzene rings is 1. The Morgan fingerprint density at radius 2 is 2.03 bits per heavy atom. The highest BCUT2D eigenvalue weighted by Gasteiger charge is 2.39. The topological polar surface area (TPSA) is 108 Å². The number of piperidine rings is 1. The predicted molar refractivity (Wildman–Crippen MR) is 104 cm³/mol. The molecule has 2 fully saturated rings. The van der Waals surface area contributed by atoms with Crippen molar-refractivity contribution in [3.63, 3.8) is 0 Å². The molecule has 9 heteroatoms. The van der Waals surface area contributed by atoms with Gasteiger partial charge < -0.3 is 15.5 Å². The van der Waals surface area contributed by atoms with E-state index in [-0.39, 0.29) is 18.2 Å². The lowest BCUT2D eigenvalue weighted by Gasteiger charge is -2.29. The molecule has 3 N–H and O–H groups in total. The van der Waals surface area contributed by atoms with Crippen LogP contribution >= 0.6 is 0 Å². The SMILES string of the molecule is O=C1CCC(N2Cc3cccc(CNc4ccn(C5CNC5)n4)c3C2=O)C(=O)N1. The van der Waals surface area contributed by atoms with E-state index in [2.05, 4.69) is 21.0 Å². The Balaban J connectivity index is 1.31. The van der Waals surface area contributed by atoms with Gasteiger partial charge in [0.15, 0.2) is 0 Å². The first kappa shape index (κ1) is 17.9. The molecule has 0 saturated carbocycles. The van der Waals surface area contributed by atoms with E-state index in [9.17, 15) is 14.4 Å². The second-order valence-electron chi connectivity index (χ2n) is 7.70. The van der Waals surface area contributed by atoms with Gasteiger partial charge in [-0.15, -0.1) is 0 Å². The quantitative estimate of drug-likeness (QED) is 0.634. The number of imide groups is 1. The Morgan fingerprint density at radius 1 is 1.17 bits per heavy atom. The van der Waals surface area contributed by atoms with E-state index in [4.69, 9.17) is 0 Å². The fourth-order valence-electron chi connectivity index (χ4n) is 4.12. The van der Waals surface area contributed by atoms with Gasteiger partial charge in [-0.1, -0.05) is 18.2 Å². The van der Waals surface area contributed by atoms with Crippen LogP contribution in [0.5, 0.6) is 0 Å². The van der Waals surface area contributed by atoms with E-state index >= 15 is 0 Å². The van der Waals surface area contributed by atoms with Crippen LogP contribution in [0, 0.1) is 0 Å². The zero-order chi connectivity index (χ0) is 20.0. The van der Waals surface area contributed by atoms with Crippen LogP contribution in [0.25, 0.3) is 0 Å². The summed E-state index contributed by atoms with van der Waals surface area (Å²) >= 11 is 0. The van der Waals surface area contributed by atoms with Crippen molar-refractivity contribution in [2.45, 2.75) is 38.0 Å². The molecule has 1 aromatic carbocycles. The van der Waals surface area contributed by atoms with Gasteiger partial charge in [0.25, 0.3) is 5.91 Å². The molecule has 1 aromatic heterocycles. The Morgan fingerprint density at radius 3 is 2.79 bits per heavy atom. The van der Waals surface area contributed by atoms with Crippen LogP contribution in [-0.2, 0) is 22.7 Å². The van der Waals surface area contributed by atoms with Crippen LogP contribution in [-0.4, -0.2) is 51.5 Å². The molecular weight excluding hydrogens is 372 g/mol. The molecule has 0 bridgehead atoms. The number of amides is 3. The number of carbonyl (C=O) groups excluding carboxylic acids is 3. The number of carbonyl (C=O) groups is 3. The third-order valence-corrected chi connectivity index (χ3v) is 5.84. The minimum atomic E-state index is -0.597. The summed E-state index contributed by atoms with van der Waals surface area (Å²) in [6, 6.07) is 7.50. The molecule has 150 valence electrons. The Bertz CT molecular complexity index is 996. The number of hydrogen-bond acceptors (Lipinski definition) is 6. The van der Waals surface area contributed by atoms with Crippen molar-refractivity contribution in [1.29, 1.82) is 0 Å². The number of nitrogens with one attached hydrogen (secondary N) is 3. The number of hydrogen-bond donors (Lipinski definition) is 3. The standard InChI is InChI=1S/C20H22N6O3/c27-17-5-4-15(19(28)23-17)25-11-13-3-1-2-12(18(13)20(25)29)8-22-16-6-7-26(24-16)14-9-21-10-14/h1-3,6-7,14-15,21H,4-5,8-11H2,(H,22,24)(H,23,27,28). The van der Waals surface area contributed by atoms with Gasteiger partial charge >= 0.3 is 0 Å². The first-order valence-corrected chi connectivity index (χ1v) is 9.85. The zero-order valence-electron chi connectivity index (χ0n) is 15.9. The van der Waals surface area contributed by atoms with E-state index in [1.54, 1.807) is 4.90 Å². The lowest BCUT2D eigenvalue weighted by Crippen LogP contribution is -2.52. The predicted octanol–water partition coefficient (Wildman–Crippen LogP) is 0.401. The normalized spacial score (nSPS) is 21.7. The molecular formula is C20H22N6O3. The van der Waals surface area contributed by atoms with Crippen LogP contribution in [0.1, 0.15) is 40.4 Å². The number of nitrogens with zero attached hydrogens (tertiary/aromatic N) is 3. The highest BCUT2D eigenvalue weighted by atomic mass is 16.2. The van der Waals surface area contributed by atoms with Crippen molar-refractivity contribution in [2.24, 2.45) is 0 Å². The average Bonchev–Trinajstić information content (AvgIpc) is 3.24. The summed E-state index contributed by atoms with van der Waals surface area (Å²) in [6.45, 7) is 2.71. The van der Waals surface area contributed by atoms with Crippen molar-refractivity contribution in [3.8, 4) is 0 Å². The van der Waals surface area contributed by atoms with Gasteiger partial charge in [0.05, 0.1) is 6.04 Å². The second-order valence-corrected chi connectivity index (χ2v) is 7.70. The molecule has 0 radical (unpaired) electrons. The fourth-order valence-corrected chi connectivity index (χ4v) is 4.12. The van der Waals surface area contributed by atoms with E-state index in [1.165, 1.54) is 0 Å². The highest BCUT2D eigenvalue weighted by molar-refractivity contribution is 6.06. The molecule has 1 atom stereocenters. The van der Waals surface area contributed by atoms with Gasteiger partial charge in [-0.2, -0.15) is 5.10 Å². The molecule has 3 amide bonds. The Labute approximate surface area is 167 Å². The first-order valence-electron chi connectivity index (χ1n) is 9.85. The molecule has 3 aliphatic heterocycles. The van der Waals surface area contributed by atoms with Gasteiger partial charge in [0.2, 0.25) is 11.8 Å². The maximum atomic E-state index is 13.1. The van der Waals surface area contributed by atoms with Crippen molar-refractivity contribution in [2.75, 3.05) is 18.4 Å². The maximum Gasteiger partial charge on any atom is 0.255 e. The molecule has 3 aliphatic rings. The maximum absolute atomic E-state index is 13.1. The van der Waals surface area contributed by atoms with Gasteiger partial charge in [0, 0.05) is 50.4 Å². The minimum Gasteiger partial charge on any atom is -0.364 e. The highest BCUT2D eigenvalue weighted by Crippen LogP contribution is 2.30. The molecule has 5 rings (SSSR count). The summed E-state index contributed by atoms with van der Waals surface area (Å²) in [6.07, 6.45) is 2.58. The van der Waals surface area contributed by atoms with E-state index in [0.717, 1.165) is 30.0 Å². The van der Waals surface area contributed by atoms with Crippen LogP contribution in [0.4, 0.5) is 5.82 Å². The second kappa shape index (κ2) is 7.00. The smallest absolute Gasteiger partial charge is 0.255 e. The summed E-state index contributed by atoms with van der Waals surface area (Å²) < 4.78 is 1.95. The Hall–Kier alpha value is -3.20. The number of aromatic nitrogens is 2. The number of anilines is 1. The van der Waals surface area contributed by atoms with Crippen molar-refractivity contribution in [1.82, 2.24) is 25.3 Å². The molecule has 2 saturated heterocycles. The molecule has 4 heterocycles. The Kier molecular flexibility index (Phi) is 4.31. The zero-order valence-corrected chi connectivity index (χ0v) is 15.9. The van der Waals surface area contributed by atoms with Gasteiger partial charge in [-0.3, -0.25) is 24.4 Å². The van der Waals surface area contributed by atoms with Gasteiger partial charge in [0.1, 0.15) is 11.9 Å². The molecule has 2 aromatic rings. The fraction of sp³-hybridized carbons (Fsp3) is 0.400. The lowest BCUT2D eigenvalue weighted by molar-refractivity contribution is -0.136. The molecule has 1 unspecified atom stereocenters. The van der Waals surface area contributed by atoms with E-state index in [0.29, 0.717) is 31.1 Å². The molecule has 0 spiro atoms. The van der Waals surface area contributed by atoms with Crippen molar-refractivity contribution >= 4 is 23.5 Å². The summed E-state index contributed by atoms with van der Waals surface area (Å²) in [4.78, 5) is 38.3. The summed E-state index contributed by atoms with van der Waals surface area (Å²) in [7, 11) is 0. The van der Waals surface area contributed by atoms with Crippen molar-refractivity contribution in [3.05, 3.63) is 47.2 Å². The van der Waals surface area contributed by atoms with Crippen LogP contribution in [0.2, 0.25) is 0 Å². The molecule has 0 aliphatic carbocycles. The summed E-state index contributed by atoms with van der Waals surface area (Å²) in [5, 5.41) is 13.4. The average molecular weight is 394 g/mol. The minimum absolute atomic E-state index is 0.155. The van der Waals surface area contributed by atoms with Gasteiger partial charge in [-0.25, -0.2) is 0 Å². The largest absolute Gasteiger partial charge is 0.364 e. The van der Waals surface area contributed by atoms with Crippen LogP contribution < -0.4 is 16.0 Å². The van der Waals surface area contributed by atoms with E-state index < -0.39 is 11.9 Å². The third-order valence-electron chi connectivity index (χ3n) is 5.84. The lowest BCUT2D eigenvalue weighted by atomic mass is 10.0. The molecule has 29 heavy (non-hydrogen) atoms. The summed E-state index contributed by atoms with van der Waals surface area (Å²) in [5.74, 6) is -0.0598. The monoisotopic (exact) mass is 394 g/mol. The van der Waals surface area contributed by atoms with Crippen LogP contribution in [0.15, 0.2) is 30.5 Å². The number of rotatable bonds is 5. The van der Waals surface area contributed by atoms with Crippen LogP contribution in [0.3, 0.4) is 0 Å². The van der Waals surface area contributed by atoms with Crippen molar-refractivity contribution < 1.29 is 14.4 Å². The summed E-state index contributed by atoms with van der Waals surface area (Å²) in [5.41, 5.74) is 2.43. The van der Waals surface area contributed by atoms with E-state index in [1.807, 2.05) is 35.1 Å². The van der Waals surface area contributed by atoms with Gasteiger partial charge in [-0.05, 0) is 17.5 Å². The molecule has 9 nitrogen and oxygen atoms in total.